The summed E-state index contributed by atoms with van der Waals surface area (Å²) in [6.07, 6.45) is 2.98. The van der Waals surface area contributed by atoms with Crippen molar-refractivity contribution in [3.05, 3.63) is 28.7 Å². The maximum atomic E-state index is 12.1. The van der Waals surface area contributed by atoms with Crippen molar-refractivity contribution in [2.24, 2.45) is 0 Å². The molecule has 0 bridgehead atoms. The minimum absolute atomic E-state index is 0.261. The predicted molar refractivity (Wildman–Crippen MR) is 102 cm³/mol. The summed E-state index contributed by atoms with van der Waals surface area (Å²) in [6, 6.07) is 6.53. The van der Waals surface area contributed by atoms with E-state index in [-0.39, 0.29) is 4.90 Å². The number of ether oxygens (including phenoxy) is 1. The van der Waals surface area contributed by atoms with Crippen LogP contribution in [-0.2, 0) is 14.8 Å². The first kappa shape index (κ1) is 21.9. The second-order valence-electron chi connectivity index (χ2n) is 6.69. The molecule has 6 nitrogen and oxygen atoms in total. The van der Waals surface area contributed by atoms with Crippen LogP contribution in [0.5, 0.6) is 0 Å². The molecule has 1 amide bonds. The Morgan fingerprint density at radius 3 is 2.16 bits per heavy atom. The molecule has 0 saturated heterocycles. The van der Waals surface area contributed by atoms with Crippen LogP contribution in [0.4, 0.5) is 4.79 Å². The minimum Gasteiger partial charge on any atom is -0.444 e. The summed E-state index contributed by atoms with van der Waals surface area (Å²) in [4.78, 5) is 11.7. The number of halogens is 1. The minimum atomic E-state index is -3.45. The molecule has 1 aromatic carbocycles. The van der Waals surface area contributed by atoms with E-state index in [0.29, 0.717) is 13.1 Å². The van der Waals surface area contributed by atoms with Crippen molar-refractivity contribution in [3.63, 3.8) is 0 Å². The Labute approximate surface area is 158 Å². The standard InChI is InChI=1S/C17H27BrN2O4S/c1-17(2,3)24-16(21)19-12-6-4-5-7-13-20-25(22,23)15-10-8-14(18)9-11-15/h8-11,20H,4-7,12-13H2,1-3H3,(H,19,21). The van der Waals surface area contributed by atoms with E-state index in [4.69, 9.17) is 4.74 Å². The second-order valence-corrected chi connectivity index (χ2v) is 9.38. The maximum Gasteiger partial charge on any atom is 0.407 e. The number of unbranched alkanes of at least 4 members (excludes halogenated alkanes) is 3. The topological polar surface area (TPSA) is 84.5 Å². The smallest absolute Gasteiger partial charge is 0.407 e. The van der Waals surface area contributed by atoms with Crippen molar-refractivity contribution in [2.45, 2.75) is 57.0 Å². The molecule has 0 heterocycles. The van der Waals surface area contributed by atoms with Crippen LogP contribution in [0.3, 0.4) is 0 Å². The Balaban J connectivity index is 2.12. The molecule has 0 aromatic heterocycles. The summed E-state index contributed by atoms with van der Waals surface area (Å²) in [6.45, 7) is 6.42. The molecular weight excluding hydrogens is 408 g/mol. The third-order valence-electron chi connectivity index (χ3n) is 3.19. The van der Waals surface area contributed by atoms with Gasteiger partial charge in [-0.25, -0.2) is 17.9 Å². The predicted octanol–water partition coefficient (Wildman–Crippen LogP) is 3.81. The van der Waals surface area contributed by atoms with Crippen LogP contribution >= 0.6 is 15.9 Å². The van der Waals surface area contributed by atoms with Crippen LogP contribution in [0.25, 0.3) is 0 Å². The van der Waals surface area contributed by atoms with Crippen molar-refractivity contribution in [3.8, 4) is 0 Å². The van der Waals surface area contributed by atoms with E-state index in [9.17, 15) is 13.2 Å². The van der Waals surface area contributed by atoms with Gasteiger partial charge in [0.25, 0.3) is 0 Å². The lowest BCUT2D eigenvalue weighted by atomic mass is 10.2. The average Bonchev–Trinajstić information content (AvgIpc) is 2.48. The van der Waals surface area contributed by atoms with Gasteiger partial charge >= 0.3 is 6.09 Å². The molecule has 0 aliphatic heterocycles. The van der Waals surface area contributed by atoms with E-state index in [1.807, 2.05) is 20.8 Å². The highest BCUT2D eigenvalue weighted by Crippen LogP contribution is 2.14. The van der Waals surface area contributed by atoms with Gasteiger partial charge in [-0.3, -0.25) is 0 Å². The zero-order chi connectivity index (χ0) is 18.9. The van der Waals surface area contributed by atoms with Crippen molar-refractivity contribution in [2.75, 3.05) is 13.1 Å². The molecule has 0 atom stereocenters. The zero-order valence-corrected chi connectivity index (χ0v) is 17.4. The van der Waals surface area contributed by atoms with Crippen LogP contribution in [0.1, 0.15) is 46.5 Å². The first-order valence-electron chi connectivity index (χ1n) is 8.32. The highest BCUT2D eigenvalue weighted by atomic mass is 79.9. The van der Waals surface area contributed by atoms with Gasteiger partial charge in [0.2, 0.25) is 10.0 Å². The lowest BCUT2D eigenvalue weighted by Crippen LogP contribution is -2.33. The van der Waals surface area contributed by atoms with Gasteiger partial charge in [-0.15, -0.1) is 0 Å². The summed E-state index contributed by atoms with van der Waals surface area (Å²) in [5.74, 6) is 0. The Kier molecular flexibility index (Phi) is 8.88. The van der Waals surface area contributed by atoms with Crippen molar-refractivity contribution in [1.82, 2.24) is 10.0 Å². The van der Waals surface area contributed by atoms with Crippen molar-refractivity contribution >= 4 is 32.0 Å². The first-order chi connectivity index (χ1) is 11.6. The quantitative estimate of drug-likeness (QED) is 0.578. The molecule has 0 fully saturated rings. The van der Waals surface area contributed by atoms with Crippen LogP contribution in [0, 0.1) is 0 Å². The van der Waals surface area contributed by atoms with Gasteiger partial charge in [-0.05, 0) is 57.9 Å². The molecule has 142 valence electrons. The van der Waals surface area contributed by atoms with E-state index < -0.39 is 21.7 Å². The molecule has 1 aromatic rings. The number of benzene rings is 1. The average molecular weight is 435 g/mol. The van der Waals surface area contributed by atoms with Gasteiger partial charge in [0.15, 0.2) is 0 Å². The van der Waals surface area contributed by atoms with Gasteiger partial charge in [0.05, 0.1) is 4.90 Å². The number of amides is 1. The van der Waals surface area contributed by atoms with Crippen LogP contribution < -0.4 is 10.0 Å². The summed E-state index contributed by atoms with van der Waals surface area (Å²) in [5, 5.41) is 2.70. The zero-order valence-electron chi connectivity index (χ0n) is 15.0. The molecule has 0 spiro atoms. The Morgan fingerprint density at radius 2 is 1.60 bits per heavy atom. The van der Waals surface area contributed by atoms with Gasteiger partial charge in [0.1, 0.15) is 5.60 Å². The van der Waals surface area contributed by atoms with Crippen LogP contribution in [0.15, 0.2) is 33.6 Å². The lowest BCUT2D eigenvalue weighted by molar-refractivity contribution is 0.0527. The largest absolute Gasteiger partial charge is 0.444 e. The third-order valence-corrected chi connectivity index (χ3v) is 5.19. The molecule has 0 aliphatic carbocycles. The molecule has 0 unspecified atom stereocenters. The Hall–Kier alpha value is -1.12. The number of sulfonamides is 1. The SMILES string of the molecule is CC(C)(C)OC(=O)NCCCCCCNS(=O)(=O)c1ccc(Br)cc1. The number of rotatable bonds is 9. The summed E-state index contributed by atoms with van der Waals surface area (Å²) >= 11 is 3.28. The normalized spacial score (nSPS) is 12.0. The highest BCUT2D eigenvalue weighted by molar-refractivity contribution is 9.10. The fourth-order valence-corrected chi connectivity index (χ4v) is 3.35. The fraction of sp³-hybridized carbons (Fsp3) is 0.588. The van der Waals surface area contributed by atoms with Gasteiger partial charge < -0.3 is 10.1 Å². The molecule has 0 radical (unpaired) electrons. The van der Waals surface area contributed by atoms with Crippen molar-refractivity contribution < 1.29 is 17.9 Å². The molecule has 0 aliphatic rings. The van der Waals surface area contributed by atoms with E-state index in [0.717, 1.165) is 30.2 Å². The van der Waals surface area contributed by atoms with Gasteiger partial charge in [0, 0.05) is 17.6 Å². The summed E-state index contributed by atoms with van der Waals surface area (Å²) < 4.78 is 32.7. The molecule has 1 rings (SSSR count). The van der Waals surface area contributed by atoms with Gasteiger partial charge in [-0.1, -0.05) is 28.8 Å². The van der Waals surface area contributed by atoms with E-state index in [2.05, 4.69) is 26.0 Å². The van der Waals surface area contributed by atoms with Crippen LogP contribution in [0.2, 0.25) is 0 Å². The number of nitrogens with one attached hydrogen (secondary N) is 2. The van der Waals surface area contributed by atoms with Crippen molar-refractivity contribution in [1.29, 1.82) is 0 Å². The second kappa shape index (κ2) is 10.1. The number of carbonyl (C=O) groups excluding carboxylic acids is 1. The fourth-order valence-electron chi connectivity index (χ4n) is 2.01. The highest BCUT2D eigenvalue weighted by Gasteiger charge is 2.15. The summed E-state index contributed by atoms with van der Waals surface area (Å²) in [7, 11) is -3.45. The third kappa shape index (κ3) is 9.81. The molecule has 0 saturated carbocycles. The Morgan fingerprint density at radius 1 is 1.04 bits per heavy atom. The molecular formula is C17H27BrN2O4S. The number of alkyl carbamates (subject to hydrolysis) is 1. The molecule has 2 N–H and O–H groups in total. The number of carbonyl (C=O) groups is 1. The van der Waals surface area contributed by atoms with E-state index in [1.165, 1.54) is 0 Å². The molecule has 8 heteroatoms. The monoisotopic (exact) mass is 434 g/mol. The number of hydrogen-bond acceptors (Lipinski definition) is 4. The van der Waals surface area contributed by atoms with E-state index in [1.54, 1.807) is 24.3 Å². The number of hydrogen-bond donors (Lipinski definition) is 2. The first-order valence-corrected chi connectivity index (χ1v) is 10.6. The summed E-state index contributed by atoms with van der Waals surface area (Å²) in [5.41, 5.74) is -0.490. The van der Waals surface area contributed by atoms with Crippen LogP contribution in [-0.4, -0.2) is 33.2 Å². The Bertz CT molecular complexity index is 640. The molecule has 25 heavy (non-hydrogen) atoms. The van der Waals surface area contributed by atoms with E-state index >= 15 is 0 Å². The lowest BCUT2D eigenvalue weighted by Gasteiger charge is -2.19. The maximum absolute atomic E-state index is 12.1. The van der Waals surface area contributed by atoms with Gasteiger partial charge in [-0.2, -0.15) is 0 Å².